The fourth-order valence-corrected chi connectivity index (χ4v) is 4.76. The van der Waals surface area contributed by atoms with Crippen molar-refractivity contribution < 1.29 is 31.9 Å². The van der Waals surface area contributed by atoms with Crippen LogP contribution in [0.3, 0.4) is 0 Å². The van der Waals surface area contributed by atoms with Crippen LogP contribution in [0.4, 0.5) is 23.4 Å². The van der Waals surface area contributed by atoms with Gasteiger partial charge >= 0.3 is 5.97 Å². The number of halogens is 4. The molecule has 0 unspecified atom stereocenters. The molecule has 3 aromatic carbocycles. The van der Waals surface area contributed by atoms with Gasteiger partial charge in [-0.05, 0) is 81.5 Å². The number of pyridine rings is 1. The molecule has 1 heterocycles. The van der Waals surface area contributed by atoms with Crippen LogP contribution in [0.5, 0.6) is 0 Å². The van der Waals surface area contributed by atoms with Crippen molar-refractivity contribution in [2.24, 2.45) is 0 Å². The Balaban J connectivity index is 1.59. The molecule has 1 aromatic heterocycles. The van der Waals surface area contributed by atoms with Crippen molar-refractivity contribution in [2.45, 2.75) is 51.6 Å². The second-order valence-electron chi connectivity index (χ2n) is 11.1. The van der Waals surface area contributed by atoms with Gasteiger partial charge in [0, 0.05) is 12.1 Å². The van der Waals surface area contributed by atoms with Gasteiger partial charge in [-0.25, -0.2) is 17.6 Å². The van der Waals surface area contributed by atoms with Crippen LogP contribution in [-0.2, 0) is 16.0 Å². The first-order valence-corrected chi connectivity index (χ1v) is 13.5. The molecule has 0 aliphatic carbocycles. The summed E-state index contributed by atoms with van der Waals surface area (Å²) in [6.45, 7) is 5.31. The molecule has 0 saturated carbocycles. The number of carbonyl (C=O) groups excluding carboxylic acids is 2. The second kappa shape index (κ2) is 12.6. The number of anilines is 1. The van der Waals surface area contributed by atoms with Crippen LogP contribution in [0.25, 0.3) is 5.69 Å². The number of nitrogens with zero attached hydrogens (tertiary/aromatic N) is 1. The van der Waals surface area contributed by atoms with E-state index in [9.17, 15) is 23.2 Å². The average Bonchev–Trinajstić information content (AvgIpc) is 2.91. The molecular formula is C33H30F4N2O4. The topological polar surface area (TPSA) is 91.4 Å². The molecule has 0 aliphatic heterocycles. The van der Waals surface area contributed by atoms with Gasteiger partial charge in [-0.2, -0.15) is 0 Å². The maximum Gasteiger partial charge on any atom is 0.313 e. The Morgan fingerprint density at radius 2 is 1.49 bits per heavy atom. The zero-order chi connectivity index (χ0) is 31.5. The molecular weight excluding hydrogens is 564 g/mol. The number of esters is 1. The predicted molar refractivity (Wildman–Crippen MR) is 154 cm³/mol. The van der Waals surface area contributed by atoms with Crippen LogP contribution in [0.1, 0.15) is 66.6 Å². The molecule has 0 bridgehead atoms. The van der Waals surface area contributed by atoms with E-state index < -0.39 is 74.7 Å². The summed E-state index contributed by atoms with van der Waals surface area (Å²) in [5.74, 6) is -6.91. The minimum absolute atomic E-state index is 0.201. The number of rotatable bonds is 9. The van der Waals surface area contributed by atoms with Gasteiger partial charge in [0.05, 0.1) is 17.0 Å². The van der Waals surface area contributed by atoms with Crippen molar-refractivity contribution >= 4 is 17.6 Å². The van der Waals surface area contributed by atoms with Crippen molar-refractivity contribution in [1.82, 2.24) is 4.57 Å². The molecule has 10 heteroatoms. The number of hydrogen-bond donors (Lipinski definition) is 1. The van der Waals surface area contributed by atoms with Crippen LogP contribution in [0.15, 0.2) is 77.6 Å². The molecule has 0 fully saturated rings. The molecule has 43 heavy (non-hydrogen) atoms. The zero-order valence-corrected chi connectivity index (χ0v) is 23.8. The summed E-state index contributed by atoms with van der Waals surface area (Å²) >= 11 is 0. The maximum absolute atomic E-state index is 15.4. The van der Waals surface area contributed by atoms with Gasteiger partial charge in [-0.3, -0.25) is 19.0 Å². The van der Waals surface area contributed by atoms with Crippen molar-refractivity contribution in [1.29, 1.82) is 0 Å². The number of benzene rings is 3. The fourth-order valence-electron chi connectivity index (χ4n) is 4.76. The quantitative estimate of drug-likeness (QED) is 0.133. The summed E-state index contributed by atoms with van der Waals surface area (Å²) in [7, 11) is 0. The normalized spacial score (nSPS) is 12.2. The molecule has 2 N–H and O–H groups in total. The third-order valence-electron chi connectivity index (χ3n) is 6.70. The smallest absolute Gasteiger partial charge is 0.313 e. The highest BCUT2D eigenvalue weighted by Crippen LogP contribution is 2.28. The van der Waals surface area contributed by atoms with E-state index in [1.807, 2.05) is 30.3 Å². The number of ketones is 1. The summed E-state index contributed by atoms with van der Waals surface area (Å²) in [5, 5.41) is 0. The minimum atomic E-state index is -1.16. The van der Waals surface area contributed by atoms with Crippen molar-refractivity contribution in [2.75, 3.05) is 5.73 Å². The third kappa shape index (κ3) is 7.20. The zero-order valence-electron chi connectivity index (χ0n) is 23.8. The molecule has 0 radical (unpaired) electrons. The molecule has 0 spiro atoms. The summed E-state index contributed by atoms with van der Waals surface area (Å²) in [6.07, 6.45) is 0.930. The molecule has 1 atom stereocenters. The van der Waals surface area contributed by atoms with E-state index >= 15 is 8.78 Å². The van der Waals surface area contributed by atoms with E-state index in [4.69, 9.17) is 10.5 Å². The molecule has 224 valence electrons. The lowest BCUT2D eigenvalue weighted by atomic mass is 9.92. The number of aromatic nitrogens is 1. The van der Waals surface area contributed by atoms with E-state index in [1.54, 1.807) is 20.8 Å². The summed E-state index contributed by atoms with van der Waals surface area (Å²) < 4.78 is 64.4. The van der Waals surface area contributed by atoms with Crippen molar-refractivity contribution in [3.05, 3.63) is 129 Å². The number of hydrogen-bond acceptors (Lipinski definition) is 5. The number of nitrogen functional groups attached to an aromatic ring is 1. The van der Waals surface area contributed by atoms with Crippen molar-refractivity contribution in [3.8, 4) is 5.69 Å². The van der Waals surface area contributed by atoms with Crippen LogP contribution in [-0.4, -0.2) is 21.9 Å². The minimum Gasteiger partial charge on any atom is -0.459 e. The summed E-state index contributed by atoms with van der Waals surface area (Å²) in [5.41, 5.74) is 3.68. The Bertz CT molecular complexity index is 1710. The fraction of sp³-hybridized carbons (Fsp3) is 0.242. The van der Waals surface area contributed by atoms with Gasteiger partial charge in [-0.15, -0.1) is 0 Å². The van der Waals surface area contributed by atoms with Crippen LogP contribution < -0.4 is 11.3 Å². The number of ether oxygens (including phenoxy) is 1. The lowest BCUT2D eigenvalue weighted by Crippen LogP contribution is -2.28. The van der Waals surface area contributed by atoms with E-state index in [-0.39, 0.29) is 12.0 Å². The van der Waals surface area contributed by atoms with E-state index in [0.717, 1.165) is 42.0 Å². The molecule has 4 rings (SSSR count). The van der Waals surface area contributed by atoms with Gasteiger partial charge in [0.2, 0.25) is 0 Å². The molecule has 6 nitrogen and oxygen atoms in total. The van der Waals surface area contributed by atoms with Gasteiger partial charge in [0.15, 0.2) is 17.4 Å². The van der Waals surface area contributed by atoms with Crippen molar-refractivity contribution in [3.63, 3.8) is 0 Å². The Labute approximate surface area is 245 Å². The molecule has 0 amide bonds. The van der Waals surface area contributed by atoms with Gasteiger partial charge in [-0.1, -0.05) is 30.3 Å². The number of carbonyl (C=O) groups is 2. The molecule has 0 saturated heterocycles. The van der Waals surface area contributed by atoms with E-state index in [2.05, 4.69) is 0 Å². The SMILES string of the molecule is CC(C)(C)OC(=O)[C@@H](CCCc1cc(F)c(-n2c(N)c(C(=O)c3ccc(F)cc3F)ccc2=O)c(F)c1)c1ccccc1. The third-order valence-corrected chi connectivity index (χ3v) is 6.70. The number of nitrogens with two attached hydrogens (primary N) is 1. The predicted octanol–water partition coefficient (Wildman–Crippen LogP) is 6.66. The summed E-state index contributed by atoms with van der Waals surface area (Å²) in [4.78, 5) is 38.5. The number of aryl methyl sites for hydroxylation is 1. The highest BCUT2D eigenvalue weighted by molar-refractivity contribution is 6.11. The van der Waals surface area contributed by atoms with Crippen LogP contribution in [0, 0.1) is 23.3 Å². The Morgan fingerprint density at radius 3 is 2.09 bits per heavy atom. The first kappa shape index (κ1) is 31.2. The van der Waals surface area contributed by atoms with Gasteiger partial charge in [0.1, 0.15) is 28.7 Å². The second-order valence-corrected chi connectivity index (χ2v) is 11.1. The first-order valence-electron chi connectivity index (χ1n) is 13.5. The largest absolute Gasteiger partial charge is 0.459 e. The lowest BCUT2D eigenvalue weighted by Gasteiger charge is -2.24. The highest BCUT2D eigenvalue weighted by atomic mass is 19.1. The van der Waals surface area contributed by atoms with E-state index in [1.165, 1.54) is 0 Å². The van der Waals surface area contributed by atoms with Crippen LogP contribution >= 0.6 is 0 Å². The van der Waals surface area contributed by atoms with E-state index in [0.29, 0.717) is 23.5 Å². The summed E-state index contributed by atoms with van der Waals surface area (Å²) in [6, 6.07) is 15.3. The van der Waals surface area contributed by atoms with Gasteiger partial charge < -0.3 is 10.5 Å². The Kier molecular flexibility index (Phi) is 9.18. The Hall–Kier alpha value is -4.73. The Morgan fingerprint density at radius 1 is 0.860 bits per heavy atom. The highest BCUT2D eigenvalue weighted by Gasteiger charge is 2.27. The first-order chi connectivity index (χ1) is 20.3. The van der Waals surface area contributed by atoms with Crippen LogP contribution in [0.2, 0.25) is 0 Å². The molecule has 4 aromatic rings. The maximum atomic E-state index is 15.4. The molecule has 0 aliphatic rings. The monoisotopic (exact) mass is 594 g/mol. The lowest BCUT2D eigenvalue weighted by molar-refractivity contribution is -0.157. The van der Waals surface area contributed by atoms with Gasteiger partial charge in [0.25, 0.3) is 5.56 Å². The standard InChI is InChI=1S/C33H30F4N2O4/c1-33(2,3)43-32(42)22(20-9-5-4-6-10-20)11-7-8-19-16-26(36)29(27(37)17-19)39-28(40)15-14-24(31(39)38)30(41)23-13-12-21(34)18-25(23)35/h4-6,9-10,12-18,22H,7-8,11,38H2,1-3H3/t22-/m0/s1. The average molecular weight is 595 g/mol.